The number of halogens is 3. The van der Waals surface area contributed by atoms with Gasteiger partial charge in [-0.3, -0.25) is 4.90 Å². The second-order valence-electron chi connectivity index (χ2n) is 5.35. The van der Waals surface area contributed by atoms with Crippen molar-refractivity contribution in [3.8, 4) is 5.75 Å². The maximum Gasteiger partial charge on any atom is 0.165 e. The summed E-state index contributed by atoms with van der Waals surface area (Å²) in [6, 6.07) is 7.63. The average Bonchev–Trinajstić information content (AvgIpc) is 2.47. The Morgan fingerprint density at radius 3 is 2.43 bits per heavy atom. The minimum absolute atomic E-state index is 0.0270. The number of hydrogen-bond donors (Lipinski definition) is 1. The zero-order valence-electron chi connectivity index (χ0n) is 12.9. The molecule has 3 nitrogen and oxygen atoms in total. The second-order valence-corrected chi connectivity index (χ2v) is 5.35. The zero-order valence-corrected chi connectivity index (χ0v) is 12.9. The van der Waals surface area contributed by atoms with Gasteiger partial charge in [-0.05, 0) is 30.8 Å². The van der Waals surface area contributed by atoms with Gasteiger partial charge in [-0.25, -0.2) is 13.2 Å². The van der Waals surface area contributed by atoms with Crippen molar-refractivity contribution in [1.29, 1.82) is 0 Å². The molecule has 0 heterocycles. The van der Waals surface area contributed by atoms with Gasteiger partial charge in [0.05, 0.1) is 13.2 Å². The molecule has 124 valence electrons. The number of rotatable bonds is 6. The molecule has 0 saturated carbocycles. The summed E-state index contributed by atoms with van der Waals surface area (Å²) in [7, 11) is 3.10. The number of methoxy groups -OCH3 is 1. The van der Waals surface area contributed by atoms with Crippen molar-refractivity contribution >= 4 is 0 Å². The highest BCUT2D eigenvalue weighted by molar-refractivity contribution is 5.29. The summed E-state index contributed by atoms with van der Waals surface area (Å²) >= 11 is 0. The predicted molar refractivity (Wildman–Crippen MR) is 80.6 cm³/mol. The number of likely N-dealkylation sites (N-methyl/N-ethyl adjacent to an activating group) is 1. The van der Waals surface area contributed by atoms with E-state index >= 15 is 0 Å². The largest absolute Gasteiger partial charge is 0.494 e. The van der Waals surface area contributed by atoms with E-state index in [0.717, 1.165) is 12.1 Å². The maximum atomic E-state index is 13.6. The van der Waals surface area contributed by atoms with Gasteiger partial charge >= 0.3 is 0 Å². The van der Waals surface area contributed by atoms with Crippen LogP contribution in [0.5, 0.6) is 5.75 Å². The normalized spacial score (nSPS) is 12.5. The number of benzene rings is 2. The van der Waals surface area contributed by atoms with E-state index in [1.54, 1.807) is 18.0 Å². The lowest BCUT2D eigenvalue weighted by atomic mass is 10.1. The molecule has 0 fully saturated rings. The minimum Gasteiger partial charge on any atom is -0.494 e. The Balaban J connectivity index is 2.01. The van der Waals surface area contributed by atoms with Gasteiger partial charge in [0.2, 0.25) is 0 Å². The maximum absolute atomic E-state index is 13.6. The van der Waals surface area contributed by atoms with Crippen LogP contribution in [0.2, 0.25) is 0 Å². The number of nitrogens with zero attached hydrogens (tertiary/aromatic N) is 1. The van der Waals surface area contributed by atoms with Gasteiger partial charge in [0.25, 0.3) is 0 Å². The fraction of sp³-hybridized carbons (Fsp3) is 0.294. The van der Waals surface area contributed by atoms with Crippen molar-refractivity contribution in [3.05, 3.63) is 65.0 Å². The van der Waals surface area contributed by atoms with Crippen LogP contribution in [0, 0.1) is 17.5 Å². The Kier molecular flexibility index (Phi) is 5.63. The molecule has 0 aliphatic rings. The summed E-state index contributed by atoms with van der Waals surface area (Å²) in [6.07, 6.45) is -1.11. The molecule has 0 radical (unpaired) electrons. The van der Waals surface area contributed by atoms with Gasteiger partial charge < -0.3 is 9.84 Å². The van der Waals surface area contributed by atoms with Gasteiger partial charge in [-0.1, -0.05) is 12.1 Å². The molecule has 0 aromatic heterocycles. The van der Waals surface area contributed by atoms with Crippen LogP contribution in [0.15, 0.2) is 36.4 Å². The van der Waals surface area contributed by atoms with Crippen molar-refractivity contribution in [2.24, 2.45) is 0 Å². The Labute approximate surface area is 132 Å². The van der Waals surface area contributed by atoms with Crippen LogP contribution in [0.25, 0.3) is 0 Å². The summed E-state index contributed by atoms with van der Waals surface area (Å²) < 4.78 is 45.0. The average molecular weight is 325 g/mol. The first-order valence-electron chi connectivity index (χ1n) is 7.04. The van der Waals surface area contributed by atoms with Crippen molar-refractivity contribution in [3.63, 3.8) is 0 Å². The highest BCUT2D eigenvalue weighted by Crippen LogP contribution is 2.21. The fourth-order valence-corrected chi connectivity index (χ4v) is 2.35. The van der Waals surface area contributed by atoms with Gasteiger partial charge in [0.15, 0.2) is 11.6 Å². The van der Waals surface area contributed by atoms with Crippen LogP contribution in [0.4, 0.5) is 13.2 Å². The number of hydrogen-bond acceptors (Lipinski definition) is 3. The van der Waals surface area contributed by atoms with Gasteiger partial charge in [0, 0.05) is 24.7 Å². The summed E-state index contributed by atoms with van der Waals surface area (Å²) in [5, 5.41) is 10.1. The Hall–Kier alpha value is -2.05. The van der Waals surface area contributed by atoms with E-state index in [1.165, 1.54) is 25.3 Å². The first kappa shape index (κ1) is 17.3. The van der Waals surface area contributed by atoms with Crippen LogP contribution < -0.4 is 4.74 Å². The molecule has 0 aliphatic heterocycles. The van der Waals surface area contributed by atoms with E-state index in [1.807, 2.05) is 0 Å². The topological polar surface area (TPSA) is 32.7 Å². The Morgan fingerprint density at radius 2 is 1.83 bits per heavy atom. The predicted octanol–water partition coefficient (Wildman–Crippen LogP) is 3.28. The minimum atomic E-state index is -1.11. The van der Waals surface area contributed by atoms with Crippen molar-refractivity contribution < 1.29 is 23.0 Å². The van der Waals surface area contributed by atoms with Gasteiger partial charge in [-0.15, -0.1) is 0 Å². The van der Waals surface area contributed by atoms with Crippen molar-refractivity contribution in [2.45, 2.75) is 12.6 Å². The zero-order chi connectivity index (χ0) is 17.0. The molecule has 0 spiro atoms. The monoisotopic (exact) mass is 325 g/mol. The summed E-state index contributed by atoms with van der Waals surface area (Å²) in [4.78, 5) is 1.72. The molecule has 1 unspecified atom stereocenters. The Morgan fingerprint density at radius 1 is 1.09 bits per heavy atom. The molecule has 2 rings (SSSR count). The van der Waals surface area contributed by atoms with Crippen molar-refractivity contribution in [1.82, 2.24) is 4.90 Å². The SMILES string of the molecule is COc1ccc(CN(C)CC(O)c2ccc(F)cc2F)cc1F. The van der Waals surface area contributed by atoms with Gasteiger partial charge in [-0.2, -0.15) is 0 Å². The van der Waals surface area contributed by atoms with Gasteiger partial charge in [0.1, 0.15) is 11.6 Å². The molecule has 2 aromatic carbocycles. The summed E-state index contributed by atoms with van der Waals surface area (Å²) in [5.41, 5.74) is 0.719. The lowest BCUT2D eigenvalue weighted by Gasteiger charge is -2.21. The standard InChI is InChI=1S/C17H18F3NO2/c1-21(9-11-3-6-17(23-2)15(20)7-11)10-16(22)13-5-4-12(18)8-14(13)19/h3-8,16,22H,9-10H2,1-2H3. The molecule has 0 saturated heterocycles. The third-order valence-corrected chi connectivity index (χ3v) is 3.47. The summed E-state index contributed by atoms with van der Waals surface area (Å²) in [6.45, 7) is 0.483. The van der Waals surface area contributed by atoms with Crippen LogP contribution in [0.1, 0.15) is 17.2 Å². The van der Waals surface area contributed by atoms with E-state index in [9.17, 15) is 18.3 Å². The summed E-state index contributed by atoms with van der Waals surface area (Å²) in [5.74, 6) is -1.80. The lowest BCUT2D eigenvalue weighted by molar-refractivity contribution is 0.120. The molecule has 1 N–H and O–H groups in total. The molecule has 0 bridgehead atoms. The van der Waals surface area contributed by atoms with Crippen LogP contribution >= 0.6 is 0 Å². The Bertz CT molecular complexity index is 679. The van der Waals surface area contributed by atoms with E-state index in [4.69, 9.17) is 4.74 Å². The molecule has 2 aromatic rings. The van der Waals surface area contributed by atoms with Crippen molar-refractivity contribution in [2.75, 3.05) is 20.7 Å². The third-order valence-electron chi connectivity index (χ3n) is 3.47. The number of ether oxygens (including phenoxy) is 1. The smallest absolute Gasteiger partial charge is 0.165 e. The number of aliphatic hydroxyl groups is 1. The van der Waals surface area contributed by atoms with Crippen LogP contribution in [-0.4, -0.2) is 30.7 Å². The molecule has 6 heteroatoms. The third kappa shape index (κ3) is 4.46. The molecular formula is C17H18F3NO2. The van der Waals surface area contributed by atoms with Crippen LogP contribution in [-0.2, 0) is 6.54 Å². The highest BCUT2D eigenvalue weighted by Gasteiger charge is 2.16. The number of aliphatic hydroxyl groups excluding tert-OH is 1. The molecule has 1 atom stereocenters. The molecular weight excluding hydrogens is 307 g/mol. The quantitative estimate of drug-likeness (QED) is 0.885. The highest BCUT2D eigenvalue weighted by atomic mass is 19.1. The van der Waals surface area contributed by atoms with E-state index in [0.29, 0.717) is 12.1 Å². The van der Waals surface area contributed by atoms with E-state index in [2.05, 4.69) is 0 Å². The molecule has 23 heavy (non-hydrogen) atoms. The molecule has 0 amide bonds. The second kappa shape index (κ2) is 7.48. The van der Waals surface area contributed by atoms with Crippen LogP contribution in [0.3, 0.4) is 0 Å². The molecule has 0 aliphatic carbocycles. The van der Waals surface area contributed by atoms with E-state index < -0.39 is 23.6 Å². The lowest BCUT2D eigenvalue weighted by Crippen LogP contribution is -2.24. The first-order valence-corrected chi connectivity index (χ1v) is 7.04. The first-order chi connectivity index (χ1) is 10.9. The fourth-order valence-electron chi connectivity index (χ4n) is 2.35. The van der Waals surface area contributed by atoms with E-state index in [-0.39, 0.29) is 17.9 Å².